The van der Waals surface area contributed by atoms with E-state index in [0.717, 1.165) is 16.9 Å². The van der Waals surface area contributed by atoms with Crippen LogP contribution in [0.5, 0.6) is 0 Å². The molecule has 1 aliphatic rings. The van der Waals surface area contributed by atoms with Crippen molar-refractivity contribution >= 4 is 11.8 Å². The monoisotopic (exact) mass is 502 g/mol. The molecule has 7 nitrogen and oxygen atoms in total. The van der Waals surface area contributed by atoms with Crippen LogP contribution in [0.1, 0.15) is 37.5 Å². The maximum atomic E-state index is 14.5. The first-order chi connectivity index (χ1) is 17.8. The van der Waals surface area contributed by atoms with Crippen LogP contribution in [0, 0.1) is 23.1 Å². The van der Waals surface area contributed by atoms with Crippen LogP contribution in [-0.2, 0) is 22.7 Å². The van der Waals surface area contributed by atoms with E-state index in [4.69, 9.17) is 4.42 Å². The van der Waals surface area contributed by atoms with Gasteiger partial charge in [-0.25, -0.2) is 4.39 Å². The van der Waals surface area contributed by atoms with Gasteiger partial charge < -0.3 is 14.6 Å². The van der Waals surface area contributed by atoms with E-state index in [1.54, 1.807) is 11.2 Å². The van der Waals surface area contributed by atoms with Gasteiger partial charge in [-0.3, -0.25) is 14.5 Å². The minimum atomic E-state index is -0.719. The van der Waals surface area contributed by atoms with Crippen LogP contribution < -0.4 is 5.32 Å². The Morgan fingerprint density at radius 2 is 1.92 bits per heavy atom. The average molecular weight is 503 g/mol. The number of nitriles is 1. The van der Waals surface area contributed by atoms with E-state index in [2.05, 4.69) is 5.32 Å². The van der Waals surface area contributed by atoms with Crippen LogP contribution in [-0.4, -0.2) is 46.8 Å². The fourth-order valence-electron chi connectivity index (χ4n) is 4.73. The molecule has 0 aliphatic carbocycles. The lowest BCUT2D eigenvalue weighted by atomic mass is 10.0. The molecule has 4 rings (SSSR count). The number of halogens is 1. The quantitative estimate of drug-likeness (QED) is 0.520. The zero-order valence-electron chi connectivity index (χ0n) is 21.3. The number of nitrogens with one attached hydrogen (secondary N) is 1. The predicted octanol–water partition coefficient (Wildman–Crippen LogP) is 4.33. The lowest BCUT2D eigenvalue weighted by Gasteiger charge is -2.45. The largest absolute Gasteiger partial charge is 0.464 e. The molecule has 0 bridgehead atoms. The topological polar surface area (TPSA) is 89.6 Å². The molecular weight excluding hydrogens is 471 g/mol. The Morgan fingerprint density at radius 1 is 1.16 bits per heavy atom. The summed E-state index contributed by atoms with van der Waals surface area (Å²) in [6.45, 7) is 6.86. The summed E-state index contributed by atoms with van der Waals surface area (Å²) < 4.78 is 19.9. The third-order valence-corrected chi connectivity index (χ3v) is 6.61. The number of rotatable bonds is 7. The number of carbonyl (C=O) groups excluding carboxylic acids is 2. The van der Waals surface area contributed by atoms with Crippen LogP contribution in [0.25, 0.3) is 11.3 Å². The van der Waals surface area contributed by atoms with Gasteiger partial charge in [0.2, 0.25) is 11.8 Å². The molecule has 0 spiro atoms. The number of hydrogen-bond acceptors (Lipinski definition) is 5. The second-order valence-electron chi connectivity index (χ2n) is 9.77. The van der Waals surface area contributed by atoms with Gasteiger partial charge in [-0.1, -0.05) is 38.1 Å². The maximum absolute atomic E-state index is 14.5. The van der Waals surface area contributed by atoms with Gasteiger partial charge in [0.25, 0.3) is 0 Å². The number of benzene rings is 2. The van der Waals surface area contributed by atoms with E-state index >= 15 is 0 Å². The summed E-state index contributed by atoms with van der Waals surface area (Å²) in [7, 11) is 0. The summed E-state index contributed by atoms with van der Waals surface area (Å²) >= 11 is 0. The summed E-state index contributed by atoms with van der Waals surface area (Å²) in [6.07, 6.45) is 1.62. The summed E-state index contributed by atoms with van der Waals surface area (Å²) in [5.74, 6) is -0.236. The molecule has 37 heavy (non-hydrogen) atoms. The molecule has 1 N–H and O–H groups in total. The van der Waals surface area contributed by atoms with Crippen molar-refractivity contribution < 1.29 is 18.4 Å². The Morgan fingerprint density at radius 3 is 2.57 bits per heavy atom. The number of hydrogen-bond donors (Lipinski definition) is 1. The third-order valence-electron chi connectivity index (χ3n) is 6.61. The number of carbonyl (C=O) groups is 2. The molecule has 1 aliphatic heterocycles. The smallest absolute Gasteiger partial charge is 0.244 e. The van der Waals surface area contributed by atoms with E-state index in [1.165, 1.54) is 18.2 Å². The molecule has 8 heteroatoms. The summed E-state index contributed by atoms with van der Waals surface area (Å²) in [5.41, 5.74) is 2.64. The normalized spacial score (nSPS) is 18.0. The van der Waals surface area contributed by atoms with Crippen LogP contribution in [0.4, 0.5) is 4.39 Å². The maximum Gasteiger partial charge on any atom is 0.244 e. The summed E-state index contributed by atoms with van der Waals surface area (Å²) in [6, 6.07) is 16.8. The first-order valence-electron chi connectivity index (χ1n) is 12.4. The number of amides is 2. The number of piperazine rings is 1. The first-order valence-corrected chi connectivity index (χ1v) is 12.4. The van der Waals surface area contributed by atoms with Crippen molar-refractivity contribution in [3.8, 4) is 17.4 Å². The Labute approximate surface area is 216 Å². The average Bonchev–Trinajstić information content (AvgIpc) is 3.43. The van der Waals surface area contributed by atoms with Crippen molar-refractivity contribution in [3.63, 3.8) is 0 Å². The van der Waals surface area contributed by atoms with Gasteiger partial charge in [0.15, 0.2) is 0 Å². The highest BCUT2D eigenvalue weighted by atomic mass is 19.1. The van der Waals surface area contributed by atoms with Gasteiger partial charge in [0.1, 0.15) is 17.6 Å². The van der Waals surface area contributed by atoms with Crippen LogP contribution in [0.15, 0.2) is 65.3 Å². The zero-order chi connectivity index (χ0) is 26.5. The van der Waals surface area contributed by atoms with Crippen molar-refractivity contribution in [2.45, 2.75) is 45.9 Å². The molecule has 2 unspecified atom stereocenters. The second kappa shape index (κ2) is 11.4. The van der Waals surface area contributed by atoms with E-state index in [9.17, 15) is 19.2 Å². The highest BCUT2D eigenvalue weighted by Gasteiger charge is 2.40. The standard InChI is InChI=1S/C29H31FN4O3/c1-19(2)29(36)34-20(3)16-33(17-24-13-22(14-31)8-11-25(24)30)18-26(34)28(35)32-15-21-6-9-23(10-7-21)27-5-4-12-37-27/h4-13,19-20,26H,15-18H2,1-3H3,(H,32,35). The van der Waals surface area contributed by atoms with Crippen molar-refractivity contribution in [2.75, 3.05) is 13.1 Å². The van der Waals surface area contributed by atoms with Crippen molar-refractivity contribution in [1.82, 2.24) is 15.1 Å². The lowest BCUT2D eigenvalue weighted by Crippen LogP contribution is -2.64. The Kier molecular flexibility index (Phi) is 8.04. The molecule has 1 fully saturated rings. The Bertz CT molecular complexity index is 1280. The molecule has 2 aromatic carbocycles. The van der Waals surface area contributed by atoms with E-state index in [0.29, 0.717) is 24.2 Å². The molecule has 2 atom stereocenters. The summed E-state index contributed by atoms with van der Waals surface area (Å²) in [5, 5.41) is 12.2. The SMILES string of the molecule is CC(C)C(=O)N1C(C)CN(Cc2cc(C#N)ccc2F)CC1C(=O)NCc1ccc(-c2ccco2)cc1. The van der Waals surface area contributed by atoms with E-state index in [1.807, 2.05) is 68.1 Å². The van der Waals surface area contributed by atoms with Gasteiger partial charge in [0, 0.05) is 49.3 Å². The Hall–Kier alpha value is -3.96. The minimum Gasteiger partial charge on any atom is -0.464 e. The van der Waals surface area contributed by atoms with Crippen molar-refractivity contribution in [3.05, 3.63) is 83.4 Å². The fourth-order valence-corrected chi connectivity index (χ4v) is 4.73. The number of furan rings is 1. The van der Waals surface area contributed by atoms with Crippen LogP contribution >= 0.6 is 0 Å². The number of nitrogens with zero attached hydrogens (tertiary/aromatic N) is 3. The van der Waals surface area contributed by atoms with Gasteiger partial charge in [-0.2, -0.15) is 5.26 Å². The molecule has 1 saturated heterocycles. The summed E-state index contributed by atoms with van der Waals surface area (Å²) in [4.78, 5) is 30.1. The highest BCUT2D eigenvalue weighted by Crippen LogP contribution is 2.23. The Balaban J connectivity index is 1.48. The first kappa shape index (κ1) is 26.1. The molecule has 1 aromatic heterocycles. The third kappa shape index (κ3) is 6.07. The molecular formula is C29H31FN4O3. The van der Waals surface area contributed by atoms with Crippen LogP contribution in [0.2, 0.25) is 0 Å². The van der Waals surface area contributed by atoms with Gasteiger partial charge in [-0.05, 0) is 42.8 Å². The lowest BCUT2D eigenvalue weighted by molar-refractivity contribution is -0.150. The van der Waals surface area contributed by atoms with Gasteiger partial charge in [-0.15, -0.1) is 0 Å². The molecule has 192 valence electrons. The van der Waals surface area contributed by atoms with Crippen LogP contribution in [0.3, 0.4) is 0 Å². The van der Waals surface area contributed by atoms with E-state index in [-0.39, 0.29) is 36.9 Å². The second-order valence-corrected chi connectivity index (χ2v) is 9.77. The molecule has 0 radical (unpaired) electrons. The zero-order valence-corrected chi connectivity index (χ0v) is 21.3. The molecule has 2 amide bonds. The molecule has 2 heterocycles. The predicted molar refractivity (Wildman–Crippen MR) is 137 cm³/mol. The van der Waals surface area contributed by atoms with E-state index < -0.39 is 11.9 Å². The molecule has 0 saturated carbocycles. The van der Waals surface area contributed by atoms with Gasteiger partial charge in [0.05, 0.1) is 17.9 Å². The van der Waals surface area contributed by atoms with Crippen molar-refractivity contribution in [2.24, 2.45) is 5.92 Å². The highest BCUT2D eigenvalue weighted by molar-refractivity contribution is 5.89. The van der Waals surface area contributed by atoms with Gasteiger partial charge >= 0.3 is 0 Å². The molecule has 3 aromatic rings. The fraction of sp³-hybridized carbons (Fsp3) is 0.345. The minimum absolute atomic E-state index is 0.0900. The van der Waals surface area contributed by atoms with Crippen molar-refractivity contribution in [1.29, 1.82) is 5.26 Å².